The summed E-state index contributed by atoms with van der Waals surface area (Å²) in [6.07, 6.45) is 0.734. The fourth-order valence-electron chi connectivity index (χ4n) is 1.90. The van der Waals surface area contributed by atoms with Gasteiger partial charge in [-0.1, -0.05) is 24.6 Å². The molecule has 0 aliphatic heterocycles. The minimum atomic E-state index is -0.668. The number of esters is 1. The molecule has 6 heteroatoms. The molecule has 4 nitrogen and oxygen atoms in total. The Labute approximate surface area is 128 Å². The average molecular weight is 316 g/mol. The molecule has 0 fully saturated rings. The van der Waals surface area contributed by atoms with E-state index in [1.54, 1.807) is 0 Å². The minimum Gasteiger partial charge on any atom is -0.469 e. The van der Waals surface area contributed by atoms with Crippen molar-refractivity contribution in [3.8, 4) is 0 Å². The van der Waals surface area contributed by atoms with Crippen LogP contribution < -0.4 is 0 Å². The Balaban J connectivity index is 3.02. The molecule has 1 unspecified atom stereocenters. The number of carbonyl (C=O) groups excluding carboxylic acids is 2. The molecule has 0 heterocycles. The Hall–Kier alpha value is -1.62. The first-order chi connectivity index (χ1) is 9.92. The van der Waals surface area contributed by atoms with Gasteiger partial charge in [-0.05, 0) is 25.5 Å². The molecule has 0 spiro atoms. The highest BCUT2D eigenvalue weighted by atomic mass is 35.5. The van der Waals surface area contributed by atoms with Crippen LogP contribution in [0.25, 0.3) is 0 Å². The van der Waals surface area contributed by atoms with Gasteiger partial charge in [0.15, 0.2) is 0 Å². The smallest absolute Gasteiger partial charge is 0.307 e. The van der Waals surface area contributed by atoms with Crippen LogP contribution in [0, 0.1) is 5.82 Å². The van der Waals surface area contributed by atoms with Crippen LogP contribution in [0.5, 0.6) is 0 Å². The summed E-state index contributed by atoms with van der Waals surface area (Å²) in [6.45, 7) is 3.90. The first-order valence-electron chi connectivity index (χ1n) is 6.74. The standard InChI is InChI=1S/C15H19ClFNO3/c1-4-10(2)18(9-8-13(19)21-3)15(20)14-11(16)6-5-7-12(14)17/h5-7,10H,4,8-9H2,1-3H3. The van der Waals surface area contributed by atoms with Crippen LogP contribution in [-0.4, -0.2) is 36.5 Å². The Morgan fingerprint density at radius 2 is 2.10 bits per heavy atom. The third-order valence-corrected chi connectivity index (χ3v) is 3.66. The predicted octanol–water partition coefficient (Wildman–Crippen LogP) is 3.28. The number of nitrogens with zero attached hydrogens (tertiary/aromatic N) is 1. The summed E-state index contributed by atoms with van der Waals surface area (Å²) in [4.78, 5) is 25.2. The van der Waals surface area contributed by atoms with E-state index in [4.69, 9.17) is 11.6 Å². The third kappa shape index (κ3) is 4.43. The number of halogens is 2. The second kappa shape index (κ2) is 7.98. The molecule has 1 aromatic rings. The van der Waals surface area contributed by atoms with Crippen molar-refractivity contribution < 1.29 is 18.7 Å². The van der Waals surface area contributed by atoms with E-state index in [1.807, 2.05) is 13.8 Å². The normalized spacial score (nSPS) is 11.9. The van der Waals surface area contributed by atoms with Crippen molar-refractivity contribution >= 4 is 23.5 Å². The van der Waals surface area contributed by atoms with Gasteiger partial charge in [0.25, 0.3) is 5.91 Å². The van der Waals surface area contributed by atoms with Gasteiger partial charge in [-0.2, -0.15) is 0 Å². The maximum absolute atomic E-state index is 13.9. The van der Waals surface area contributed by atoms with Crippen molar-refractivity contribution in [1.29, 1.82) is 0 Å². The summed E-state index contributed by atoms with van der Waals surface area (Å²) in [5.41, 5.74) is -0.163. The van der Waals surface area contributed by atoms with Crippen LogP contribution in [0.2, 0.25) is 5.02 Å². The Morgan fingerprint density at radius 3 is 2.62 bits per heavy atom. The second-order valence-corrected chi connectivity index (χ2v) is 5.09. The third-order valence-electron chi connectivity index (χ3n) is 3.34. The van der Waals surface area contributed by atoms with Gasteiger partial charge in [0, 0.05) is 12.6 Å². The van der Waals surface area contributed by atoms with Crippen LogP contribution in [0.1, 0.15) is 37.0 Å². The quantitative estimate of drug-likeness (QED) is 0.757. The monoisotopic (exact) mass is 315 g/mol. The number of methoxy groups -OCH3 is 1. The van der Waals surface area contributed by atoms with Gasteiger partial charge in [0.05, 0.1) is 24.1 Å². The van der Waals surface area contributed by atoms with Gasteiger partial charge < -0.3 is 9.64 Å². The molecule has 0 bridgehead atoms. The molecule has 0 saturated heterocycles. The zero-order valence-corrected chi connectivity index (χ0v) is 13.1. The molecular weight excluding hydrogens is 297 g/mol. The SMILES string of the molecule is CCC(C)N(CCC(=O)OC)C(=O)c1c(F)cccc1Cl. The number of hydrogen-bond acceptors (Lipinski definition) is 3. The van der Waals surface area contributed by atoms with E-state index in [-0.39, 0.29) is 29.6 Å². The van der Waals surface area contributed by atoms with E-state index in [0.717, 1.165) is 0 Å². The van der Waals surface area contributed by atoms with Crippen molar-refractivity contribution in [2.24, 2.45) is 0 Å². The van der Waals surface area contributed by atoms with Gasteiger partial charge in [0.1, 0.15) is 5.82 Å². The predicted molar refractivity (Wildman–Crippen MR) is 78.8 cm³/mol. The highest BCUT2D eigenvalue weighted by molar-refractivity contribution is 6.33. The summed E-state index contributed by atoms with van der Waals surface area (Å²) >= 11 is 5.93. The van der Waals surface area contributed by atoms with E-state index in [9.17, 15) is 14.0 Å². The van der Waals surface area contributed by atoms with Gasteiger partial charge in [-0.3, -0.25) is 9.59 Å². The number of amides is 1. The highest BCUT2D eigenvalue weighted by Gasteiger charge is 2.25. The molecule has 0 aromatic heterocycles. The van der Waals surface area contributed by atoms with Gasteiger partial charge in [-0.15, -0.1) is 0 Å². The molecule has 21 heavy (non-hydrogen) atoms. The van der Waals surface area contributed by atoms with Gasteiger partial charge in [0.2, 0.25) is 0 Å². The number of benzene rings is 1. The molecule has 0 saturated carbocycles. The molecule has 0 N–H and O–H groups in total. The van der Waals surface area contributed by atoms with Crippen molar-refractivity contribution in [3.63, 3.8) is 0 Å². The maximum Gasteiger partial charge on any atom is 0.307 e. The Morgan fingerprint density at radius 1 is 1.43 bits per heavy atom. The van der Waals surface area contributed by atoms with E-state index < -0.39 is 17.7 Å². The van der Waals surface area contributed by atoms with Gasteiger partial charge in [-0.25, -0.2) is 4.39 Å². The highest BCUT2D eigenvalue weighted by Crippen LogP contribution is 2.22. The fraction of sp³-hybridized carbons (Fsp3) is 0.467. The summed E-state index contributed by atoms with van der Waals surface area (Å²) < 4.78 is 18.4. The van der Waals surface area contributed by atoms with Crippen molar-refractivity contribution in [3.05, 3.63) is 34.6 Å². The van der Waals surface area contributed by atoms with Crippen LogP contribution in [0.4, 0.5) is 4.39 Å². The molecule has 116 valence electrons. The average Bonchev–Trinajstić information content (AvgIpc) is 2.46. The molecule has 0 aliphatic carbocycles. The second-order valence-electron chi connectivity index (χ2n) is 4.68. The Kier molecular flexibility index (Phi) is 6.62. The lowest BCUT2D eigenvalue weighted by Gasteiger charge is -2.28. The molecule has 1 rings (SSSR count). The topological polar surface area (TPSA) is 46.6 Å². The Bertz CT molecular complexity index is 501. The zero-order valence-electron chi connectivity index (χ0n) is 12.4. The zero-order chi connectivity index (χ0) is 16.0. The van der Waals surface area contributed by atoms with Crippen LogP contribution in [0.15, 0.2) is 18.2 Å². The largest absolute Gasteiger partial charge is 0.469 e. The summed E-state index contributed by atoms with van der Waals surface area (Å²) in [5.74, 6) is -1.61. The van der Waals surface area contributed by atoms with Crippen molar-refractivity contribution in [2.75, 3.05) is 13.7 Å². The molecule has 0 aliphatic rings. The van der Waals surface area contributed by atoms with Crippen molar-refractivity contribution in [2.45, 2.75) is 32.7 Å². The summed E-state index contributed by atoms with van der Waals surface area (Å²) in [7, 11) is 1.28. The van der Waals surface area contributed by atoms with Crippen LogP contribution in [0.3, 0.4) is 0 Å². The number of ether oxygens (including phenoxy) is 1. The lowest BCUT2D eigenvalue weighted by Crippen LogP contribution is -2.40. The van der Waals surface area contributed by atoms with E-state index >= 15 is 0 Å². The molecule has 1 amide bonds. The van der Waals surface area contributed by atoms with E-state index in [1.165, 1.54) is 30.2 Å². The number of rotatable bonds is 6. The van der Waals surface area contributed by atoms with Crippen LogP contribution >= 0.6 is 11.6 Å². The van der Waals surface area contributed by atoms with Gasteiger partial charge >= 0.3 is 5.97 Å². The molecule has 1 atom stereocenters. The van der Waals surface area contributed by atoms with E-state index in [0.29, 0.717) is 6.42 Å². The lowest BCUT2D eigenvalue weighted by molar-refractivity contribution is -0.140. The van der Waals surface area contributed by atoms with Crippen LogP contribution in [-0.2, 0) is 9.53 Å². The first-order valence-corrected chi connectivity index (χ1v) is 7.11. The minimum absolute atomic E-state index is 0.0542. The maximum atomic E-state index is 13.9. The molecule has 1 aromatic carbocycles. The fourth-order valence-corrected chi connectivity index (χ4v) is 2.15. The molecular formula is C15H19ClFNO3. The number of carbonyl (C=O) groups is 2. The van der Waals surface area contributed by atoms with Crippen molar-refractivity contribution in [1.82, 2.24) is 4.90 Å². The summed E-state index contributed by atoms with van der Waals surface area (Å²) in [5, 5.41) is 0.0615. The lowest BCUT2D eigenvalue weighted by atomic mass is 10.1. The molecule has 0 radical (unpaired) electrons. The summed E-state index contributed by atoms with van der Waals surface area (Å²) in [6, 6.07) is 3.95. The van der Waals surface area contributed by atoms with E-state index in [2.05, 4.69) is 4.74 Å². The number of hydrogen-bond donors (Lipinski definition) is 0. The first kappa shape index (κ1) is 17.4.